The van der Waals surface area contributed by atoms with E-state index in [2.05, 4.69) is 4.74 Å². The highest BCUT2D eigenvalue weighted by molar-refractivity contribution is 4.85. The first-order chi connectivity index (χ1) is 6.29. The molecule has 0 saturated carbocycles. The van der Waals surface area contributed by atoms with Gasteiger partial charge in [-0.2, -0.15) is 0 Å². The van der Waals surface area contributed by atoms with E-state index in [1.54, 1.807) is 0 Å². The van der Waals surface area contributed by atoms with E-state index in [1.807, 2.05) is 25.7 Å². The lowest BCUT2D eigenvalue weighted by Crippen LogP contribution is -2.35. The van der Waals surface area contributed by atoms with Gasteiger partial charge in [0.25, 0.3) is 0 Å². The number of rotatable bonds is 2. The van der Waals surface area contributed by atoms with Crippen LogP contribution in [0.4, 0.5) is 13.2 Å². The summed E-state index contributed by atoms with van der Waals surface area (Å²) in [5.74, 6) is 0. The Morgan fingerprint density at radius 3 is 2.29 bits per heavy atom. The van der Waals surface area contributed by atoms with Crippen LogP contribution in [0.1, 0.15) is 27.2 Å². The minimum Gasteiger partial charge on any atom is -0.296 e. The third-order valence-corrected chi connectivity index (χ3v) is 2.55. The molecule has 2 atom stereocenters. The molecule has 0 bridgehead atoms. The van der Waals surface area contributed by atoms with E-state index in [0.717, 1.165) is 0 Å². The van der Waals surface area contributed by atoms with E-state index in [1.165, 1.54) is 0 Å². The lowest BCUT2D eigenvalue weighted by molar-refractivity contribution is -0.340. The van der Waals surface area contributed by atoms with E-state index in [0.29, 0.717) is 13.0 Å². The van der Waals surface area contributed by atoms with Crippen LogP contribution in [-0.2, 0) is 4.74 Å². The fraction of sp³-hybridized carbons (Fsp3) is 1.00. The van der Waals surface area contributed by atoms with E-state index < -0.39 is 12.5 Å². The fourth-order valence-electron chi connectivity index (χ4n) is 2.00. The van der Waals surface area contributed by atoms with Crippen LogP contribution in [-0.4, -0.2) is 36.0 Å². The van der Waals surface area contributed by atoms with Crippen LogP contribution in [0.3, 0.4) is 0 Å². The summed E-state index contributed by atoms with van der Waals surface area (Å²) in [5, 5.41) is 0. The van der Waals surface area contributed by atoms with Crippen molar-refractivity contribution in [1.29, 1.82) is 0 Å². The van der Waals surface area contributed by atoms with Gasteiger partial charge in [0, 0.05) is 18.6 Å². The Hall–Kier alpha value is -0.290. The normalized spacial score (nSPS) is 30.2. The van der Waals surface area contributed by atoms with Gasteiger partial charge in [-0.3, -0.25) is 9.64 Å². The molecule has 1 aliphatic heterocycles. The fourth-order valence-corrected chi connectivity index (χ4v) is 2.00. The Morgan fingerprint density at radius 1 is 1.36 bits per heavy atom. The highest BCUT2D eigenvalue weighted by Gasteiger charge is 2.39. The molecule has 0 N–H and O–H groups in total. The summed E-state index contributed by atoms with van der Waals surface area (Å²) in [6, 6.07) is 0.439. The SMILES string of the molecule is CC(C)N1CC(OC(F)(F)F)CC1C. The number of likely N-dealkylation sites (tertiary alicyclic amines) is 1. The predicted octanol–water partition coefficient (Wildman–Crippen LogP) is 2.39. The molecule has 1 fully saturated rings. The van der Waals surface area contributed by atoms with Gasteiger partial charge in [0.1, 0.15) is 0 Å². The molecule has 1 heterocycles. The minimum atomic E-state index is -4.50. The largest absolute Gasteiger partial charge is 0.522 e. The molecule has 5 heteroatoms. The average molecular weight is 211 g/mol. The van der Waals surface area contributed by atoms with Crippen LogP contribution < -0.4 is 0 Å². The number of halogens is 3. The highest BCUT2D eigenvalue weighted by Crippen LogP contribution is 2.28. The molecule has 1 aliphatic rings. The molecule has 1 saturated heterocycles. The van der Waals surface area contributed by atoms with Crippen LogP contribution in [0.25, 0.3) is 0 Å². The summed E-state index contributed by atoms with van der Waals surface area (Å²) in [6.07, 6.45) is -4.75. The third kappa shape index (κ3) is 3.13. The molecule has 1 rings (SSSR count). The van der Waals surface area contributed by atoms with Crippen molar-refractivity contribution in [2.45, 2.75) is 51.7 Å². The number of nitrogens with zero attached hydrogens (tertiary/aromatic N) is 1. The summed E-state index contributed by atoms with van der Waals surface area (Å²) < 4.78 is 39.8. The zero-order valence-corrected chi connectivity index (χ0v) is 8.64. The van der Waals surface area contributed by atoms with E-state index in [4.69, 9.17) is 0 Å². The molecule has 0 aromatic carbocycles. The molecular formula is C9H16F3NO. The Bertz CT molecular complexity index is 193. The van der Waals surface area contributed by atoms with Crippen molar-refractivity contribution >= 4 is 0 Å². The molecule has 14 heavy (non-hydrogen) atoms. The van der Waals surface area contributed by atoms with Crippen LogP contribution in [0, 0.1) is 0 Å². The summed E-state index contributed by atoms with van der Waals surface area (Å²) in [5.41, 5.74) is 0. The first kappa shape index (κ1) is 11.8. The Labute approximate surface area is 82.0 Å². The van der Waals surface area contributed by atoms with Gasteiger partial charge in [-0.15, -0.1) is 13.2 Å². The molecule has 2 unspecified atom stereocenters. The lowest BCUT2D eigenvalue weighted by atomic mass is 10.2. The van der Waals surface area contributed by atoms with Crippen LogP contribution >= 0.6 is 0 Å². The summed E-state index contributed by atoms with van der Waals surface area (Å²) >= 11 is 0. The Kier molecular flexibility index (Phi) is 3.42. The maximum atomic E-state index is 11.9. The number of hydrogen-bond acceptors (Lipinski definition) is 2. The first-order valence-electron chi connectivity index (χ1n) is 4.80. The van der Waals surface area contributed by atoms with Crippen molar-refractivity contribution in [1.82, 2.24) is 4.90 Å². The zero-order valence-electron chi connectivity index (χ0n) is 8.64. The van der Waals surface area contributed by atoms with E-state index in [-0.39, 0.29) is 12.1 Å². The predicted molar refractivity (Wildman–Crippen MR) is 46.8 cm³/mol. The Morgan fingerprint density at radius 2 is 1.93 bits per heavy atom. The molecule has 0 aliphatic carbocycles. The second-order valence-electron chi connectivity index (χ2n) is 4.06. The van der Waals surface area contributed by atoms with Crippen molar-refractivity contribution in [3.05, 3.63) is 0 Å². The third-order valence-electron chi connectivity index (χ3n) is 2.55. The average Bonchev–Trinajstić information content (AvgIpc) is 2.26. The molecule has 0 spiro atoms. The van der Waals surface area contributed by atoms with Gasteiger partial charge in [-0.25, -0.2) is 0 Å². The van der Waals surface area contributed by atoms with Gasteiger partial charge in [0.2, 0.25) is 0 Å². The topological polar surface area (TPSA) is 12.5 Å². The van der Waals surface area contributed by atoms with E-state index >= 15 is 0 Å². The lowest BCUT2D eigenvalue weighted by Gasteiger charge is -2.25. The van der Waals surface area contributed by atoms with Crippen molar-refractivity contribution in [3.63, 3.8) is 0 Å². The molecule has 0 aromatic heterocycles. The molecule has 84 valence electrons. The second-order valence-corrected chi connectivity index (χ2v) is 4.06. The molecule has 0 amide bonds. The van der Waals surface area contributed by atoms with Gasteiger partial charge in [0.15, 0.2) is 0 Å². The Balaban J connectivity index is 2.47. The molecular weight excluding hydrogens is 195 g/mol. The van der Waals surface area contributed by atoms with Crippen molar-refractivity contribution in [3.8, 4) is 0 Å². The highest BCUT2D eigenvalue weighted by atomic mass is 19.4. The van der Waals surface area contributed by atoms with Crippen LogP contribution in [0.2, 0.25) is 0 Å². The van der Waals surface area contributed by atoms with Crippen molar-refractivity contribution in [2.24, 2.45) is 0 Å². The van der Waals surface area contributed by atoms with Gasteiger partial charge < -0.3 is 0 Å². The zero-order chi connectivity index (χ0) is 10.9. The quantitative estimate of drug-likeness (QED) is 0.695. The maximum Gasteiger partial charge on any atom is 0.522 e. The number of hydrogen-bond donors (Lipinski definition) is 0. The van der Waals surface area contributed by atoms with Gasteiger partial charge in [-0.1, -0.05) is 0 Å². The summed E-state index contributed by atoms with van der Waals surface area (Å²) in [6.45, 7) is 6.26. The van der Waals surface area contributed by atoms with E-state index in [9.17, 15) is 13.2 Å². The van der Waals surface area contributed by atoms with Crippen LogP contribution in [0.5, 0.6) is 0 Å². The smallest absolute Gasteiger partial charge is 0.296 e. The number of alkyl halides is 3. The second kappa shape index (κ2) is 4.06. The van der Waals surface area contributed by atoms with Crippen molar-refractivity contribution < 1.29 is 17.9 Å². The first-order valence-corrected chi connectivity index (χ1v) is 4.80. The van der Waals surface area contributed by atoms with Crippen LogP contribution in [0.15, 0.2) is 0 Å². The standard InChI is InChI=1S/C9H16F3NO/c1-6(2)13-5-8(4-7(13)3)14-9(10,11)12/h6-8H,4-5H2,1-3H3. The maximum absolute atomic E-state index is 11.9. The van der Waals surface area contributed by atoms with Gasteiger partial charge in [-0.05, 0) is 27.2 Å². The number of ether oxygens (including phenoxy) is 1. The summed E-state index contributed by atoms with van der Waals surface area (Å²) in [4.78, 5) is 2.02. The summed E-state index contributed by atoms with van der Waals surface area (Å²) in [7, 11) is 0. The molecule has 0 aromatic rings. The monoisotopic (exact) mass is 211 g/mol. The molecule has 2 nitrogen and oxygen atoms in total. The van der Waals surface area contributed by atoms with Gasteiger partial charge in [0.05, 0.1) is 6.10 Å². The van der Waals surface area contributed by atoms with Gasteiger partial charge >= 0.3 is 6.36 Å². The minimum absolute atomic E-state index is 0.169. The van der Waals surface area contributed by atoms with Crippen molar-refractivity contribution in [2.75, 3.05) is 6.54 Å². The molecule has 0 radical (unpaired) electrons.